The molecule has 4 N–H and O–H groups in total. The number of rotatable bonds is 8. The summed E-state index contributed by atoms with van der Waals surface area (Å²) in [5.41, 5.74) is 5.47. The molecule has 0 amide bonds. The average Bonchev–Trinajstić information content (AvgIpc) is 4.10. The maximum atomic E-state index is 12.2. The van der Waals surface area contributed by atoms with Crippen LogP contribution in [0.1, 0.15) is 33.6 Å². The molecule has 6 bridgehead atoms. The van der Waals surface area contributed by atoms with Crippen LogP contribution in [0.4, 0.5) is 0 Å². The molecule has 2 aromatic heterocycles. The number of aliphatic imine (C=N–C) groups is 2. The second kappa shape index (κ2) is 15.8. The predicted octanol–water partition coefficient (Wildman–Crippen LogP) is 5.55. The molecule has 67 heavy (non-hydrogen) atoms. The fourth-order valence-corrected chi connectivity index (χ4v) is 21.3. The van der Waals surface area contributed by atoms with E-state index in [0.29, 0.717) is 89.4 Å². The van der Waals surface area contributed by atoms with E-state index in [4.69, 9.17) is 27.8 Å². The van der Waals surface area contributed by atoms with Crippen molar-refractivity contribution in [3.8, 4) is 0 Å². The third-order valence-electron chi connectivity index (χ3n) is 11.4. The van der Waals surface area contributed by atoms with Crippen molar-refractivity contribution in [3.63, 3.8) is 0 Å². The summed E-state index contributed by atoms with van der Waals surface area (Å²) in [6, 6.07) is 28.6. The minimum atomic E-state index is -5.70. The van der Waals surface area contributed by atoms with Gasteiger partial charge in [-0.05, 0) is 0 Å². The summed E-state index contributed by atoms with van der Waals surface area (Å²) >= 11 is -5.70. The number of benzene rings is 4. The van der Waals surface area contributed by atoms with Gasteiger partial charge in [-0.15, -0.1) is 0 Å². The Bertz CT molecular complexity index is 3750. The van der Waals surface area contributed by atoms with Crippen LogP contribution in [0.15, 0.2) is 187 Å². The van der Waals surface area contributed by atoms with Crippen LogP contribution < -0.4 is 10.7 Å². The molecule has 4 aromatic carbocycles. The van der Waals surface area contributed by atoms with Crippen molar-refractivity contribution in [2.45, 2.75) is 19.6 Å². The van der Waals surface area contributed by atoms with Crippen LogP contribution in [-0.2, 0) is 40.5 Å². The molecule has 0 spiro atoms. The van der Waals surface area contributed by atoms with Crippen LogP contribution in [0.2, 0.25) is 0 Å². The molecule has 10 rings (SSSR count). The minimum absolute atomic E-state index is 0.356. The zero-order valence-corrected chi connectivity index (χ0v) is 41.2. The third-order valence-corrected chi connectivity index (χ3v) is 25.2. The fourth-order valence-electron chi connectivity index (χ4n) is 8.50. The molecule has 0 radical (unpaired) electrons. The van der Waals surface area contributed by atoms with E-state index >= 15 is 0 Å². The molecular weight excluding hydrogens is 1090 g/mol. The van der Waals surface area contributed by atoms with Crippen molar-refractivity contribution in [2.75, 3.05) is 0 Å². The van der Waals surface area contributed by atoms with E-state index < -0.39 is 57.1 Å². The molecule has 6 heterocycles. The zero-order chi connectivity index (χ0) is 47.6. The monoisotopic (exact) mass is 1120 g/mol. The first-order valence-corrected chi connectivity index (χ1v) is 35.0. The van der Waals surface area contributed by atoms with Gasteiger partial charge in [0, 0.05) is 0 Å². The number of allylic oxidation sites excluding steroid dienone is 4. The molecule has 0 aliphatic carbocycles. The fraction of sp³-hybridized carbons (Fsp3) is 0. The van der Waals surface area contributed by atoms with Crippen molar-refractivity contribution in [3.05, 3.63) is 201 Å². The molecule has 23 heteroatoms. The first-order chi connectivity index (χ1) is 31.5. The molecule has 4 aliphatic heterocycles. The second-order valence-electron chi connectivity index (χ2n) is 15.3. The standard InChI is InChI=1S/C44H28N4O12S4.2ClH.Sn/c49-61(50,51)29-9-1-25(2-10-29)41-33-17-19-35(45-33)42(26-3-11-30(12-4-26)62(52,53)54)37-21-23-39(47-37)44(28-7-15-32(16-8-28)64(58,59)60)40-24-22-38(48-40)43(36-20-18-34(41)46-36)27-5-13-31(14-6-27)63(55,56)57;;;/h1-24H,(H,49,50,51)(H,52,53,54)(H,55,56,57)(H,58,59,60);2*1H;/q-2;;;+4/p-2. The van der Waals surface area contributed by atoms with Crippen LogP contribution in [0.25, 0.3) is 22.3 Å². The Kier molecular flexibility index (Phi) is 10.7. The number of fused-ring (bicyclic) bond motifs is 2. The predicted molar refractivity (Wildman–Crippen MR) is 252 cm³/mol. The Morgan fingerprint density at radius 2 is 0.657 bits per heavy atom. The van der Waals surface area contributed by atoms with Gasteiger partial charge in [0.1, 0.15) is 0 Å². The number of hydrogen-bond acceptors (Lipinski definition) is 10. The number of halogens is 2. The van der Waals surface area contributed by atoms with Crippen LogP contribution in [-0.4, -0.2) is 85.6 Å². The first-order valence-electron chi connectivity index (χ1n) is 19.4. The Balaban J connectivity index is 1.41. The summed E-state index contributed by atoms with van der Waals surface area (Å²) in [6.45, 7) is 0. The van der Waals surface area contributed by atoms with Gasteiger partial charge in [0.2, 0.25) is 0 Å². The summed E-state index contributed by atoms with van der Waals surface area (Å²) < 4.78 is 141. The quantitative estimate of drug-likeness (QED) is 0.108. The topological polar surface area (TPSA) is 252 Å². The Morgan fingerprint density at radius 3 is 0.940 bits per heavy atom. The molecule has 16 nitrogen and oxygen atoms in total. The van der Waals surface area contributed by atoms with Gasteiger partial charge in [0.05, 0.1) is 0 Å². The third kappa shape index (κ3) is 7.84. The first kappa shape index (κ1) is 45.3. The van der Waals surface area contributed by atoms with Gasteiger partial charge in [0.25, 0.3) is 0 Å². The van der Waals surface area contributed by atoms with Crippen molar-refractivity contribution in [1.29, 1.82) is 0 Å². The Morgan fingerprint density at radius 1 is 0.373 bits per heavy atom. The van der Waals surface area contributed by atoms with Gasteiger partial charge < -0.3 is 0 Å². The van der Waals surface area contributed by atoms with Gasteiger partial charge in [-0.1, -0.05) is 0 Å². The van der Waals surface area contributed by atoms with E-state index in [9.17, 15) is 51.9 Å². The second-order valence-corrected chi connectivity index (χ2v) is 34.8. The molecular formula is C44H28Cl2N4O12S4Sn. The molecule has 0 atom stereocenters. The maximum absolute atomic E-state index is 12.2. The molecule has 0 saturated heterocycles. The van der Waals surface area contributed by atoms with Crippen LogP contribution in [0, 0.1) is 0 Å². The van der Waals surface area contributed by atoms with Crippen LogP contribution in [0.3, 0.4) is 0 Å². The van der Waals surface area contributed by atoms with E-state index in [1.807, 2.05) is 0 Å². The average molecular weight is 1120 g/mol. The van der Waals surface area contributed by atoms with E-state index in [2.05, 4.69) is 0 Å². The van der Waals surface area contributed by atoms with Crippen LogP contribution >= 0.6 is 17.8 Å². The number of nitrogens with zero attached hydrogens (tertiary/aromatic N) is 4. The van der Waals surface area contributed by atoms with Crippen molar-refractivity contribution < 1.29 is 51.9 Å². The summed E-state index contributed by atoms with van der Waals surface area (Å²) in [7, 11) is -2.05. The van der Waals surface area contributed by atoms with Gasteiger partial charge in [-0.2, -0.15) is 0 Å². The summed E-state index contributed by atoms with van der Waals surface area (Å²) in [4.78, 5) is 8.73. The Labute approximate surface area is 393 Å². The van der Waals surface area contributed by atoms with E-state index in [1.54, 1.807) is 54.1 Å². The summed E-state index contributed by atoms with van der Waals surface area (Å²) in [5.74, 6) is 0. The van der Waals surface area contributed by atoms with Crippen molar-refractivity contribution >= 4 is 109 Å². The van der Waals surface area contributed by atoms with Gasteiger partial charge >= 0.3 is 397 Å². The SMILES string of the molecule is O=S(=O)(O)c1ccc(C2=C3C=CC(=N3)C(c3ccc(S(=O)(=O)O)cc3)=c3ccc4[n]3[Sn]([Cl])([Cl])[n]3c2ccc3C(c2ccc(S(=O)(=O)O)cc2)=C2C=CC(=N2)C=4c2ccc(S(=O)(=O)O)cc2)cc1. The summed E-state index contributed by atoms with van der Waals surface area (Å²) in [6.07, 6.45) is 6.89. The van der Waals surface area contributed by atoms with Crippen molar-refractivity contribution in [1.82, 2.24) is 5.58 Å². The van der Waals surface area contributed by atoms with Gasteiger partial charge in [0.15, 0.2) is 0 Å². The molecule has 4 aliphatic rings. The van der Waals surface area contributed by atoms with Gasteiger partial charge in [-0.25, -0.2) is 0 Å². The van der Waals surface area contributed by atoms with E-state index in [0.717, 1.165) is 0 Å². The molecule has 0 saturated carbocycles. The number of aromatic nitrogens is 2. The van der Waals surface area contributed by atoms with Crippen LogP contribution in [0.5, 0.6) is 0 Å². The molecule has 0 unspecified atom stereocenters. The molecule has 338 valence electrons. The van der Waals surface area contributed by atoms with E-state index in [1.165, 1.54) is 97.1 Å². The van der Waals surface area contributed by atoms with Crippen molar-refractivity contribution in [2.24, 2.45) is 9.98 Å². The molecule has 6 aromatic rings. The molecule has 0 fully saturated rings. The van der Waals surface area contributed by atoms with E-state index in [-0.39, 0.29) is 19.6 Å². The number of hydrogen-bond donors (Lipinski definition) is 4. The normalized spacial score (nSPS) is 16.7. The summed E-state index contributed by atoms with van der Waals surface area (Å²) in [5, 5.41) is 0.787. The van der Waals surface area contributed by atoms with Gasteiger partial charge in [-0.3, -0.25) is 0 Å². The Hall–Kier alpha value is -5.50. The zero-order valence-electron chi connectivity index (χ0n) is 33.6.